The van der Waals surface area contributed by atoms with Crippen LogP contribution in [0, 0.1) is 11.6 Å². The minimum Gasteiger partial charge on any atom is -0.494 e. The Kier molecular flexibility index (Phi) is 6.22. The van der Waals surface area contributed by atoms with Crippen molar-refractivity contribution in [3.05, 3.63) is 76.9 Å². The summed E-state index contributed by atoms with van der Waals surface area (Å²) in [6.45, 7) is 3.09. The van der Waals surface area contributed by atoms with Crippen LogP contribution in [0.15, 0.2) is 42.5 Å². The summed E-state index contributed by atoms with van der Waals surface area (Å²) in [5.41, 5.74) is 1.23. The average Bonchev–Trinajstić information content (AvgIpc) is 3.05. The predicted octanol–water partition coefficient (Wildman–Crippen LogP) is 2.55. The number of aromatic nitrogens is 3. The van der Waals surface area contributed by atoms with Gasteiger partial charge in [-0.25, -0.2) is 8.78 Å². The Bertz CT molecular complexity index is 1090. The molecule has 3 aromatic rings. The van der Waals surface area contributed by atoms with Crippen LogP contribution in [-0.2, 0) is 26.1 Å². The van der Waals surface area contributed by atoms with Crippen LogP contribution in [0.25, 0.3) is 0 Å². The number of benzene rings is 2. The molecule has 2 heterocycles. The van der Waals surface area contributed by atoms with Crippen LogP contribution >= 0.6 is 0 Å². The number of hydrogen-bond acceptors (Lipinski definition) is 5. The van der Waals surface area contributed by atoms with Gasteiger partial charge in [-0.2, -0.15) is 0 Å². The Balaban J connectivity index is 1.37. The van der Waals surface area contributed by atoms with Crippen molar-refractivity contribution in [2.24, 2.45) is 0 Å². The van der Waals surface area contributed by atoms with Crippen molar-refractivity contribution >= 4 is 5.91 Å². The summed E-state index contributed by atoms with van der Waals surface area (Å²) < 4.78 is 34.1. The molecule has 1 aliphatic heterocycles. The molecule has 162 valence electrons. The fraction of sp³-hybridized carbons (Fsp3) is 0.318. The van der Waals surface area contributed by atoms with Crippen molar-refractivity contribution in [2.75, 3.05) is 20.2 Å². The molecule has 7 nitrogen and oxygen atoms in total. The van der Waals surface area contributed by atoms with Crippen LogP contribution in [0.3, 0.4) is 0 Å². The standard InChI is InChI=1S/C22H23F2N5O2/c1-31-19-11-15(5-6-18(19)24)14-28-8-7-20-26-27-21(29(20)10-9-28)13-25-22(30)16-3-2-4-17(23)12-16/h2-6,11-12H,7-10,13-14H2,1H3,(H,25,30). The number of ether oxygens (including phenoxy) is 1. The van der Waals surface area contributed by atoms with E-state index in [1.54, 1.807) is 18.2 Å². The molecule has 0 aliphatic carbocycles. The molecule has 4 rings (SSSR count). The molecule has 1 aromatic heterocycles. The number of halogens is 2. The average molecular weight is 427 g/mol. The fourth-order valence-corrected chi connectivity index (χ4v) is 3.67. The minimum absolute atomic E-state index is 0.206. The highest BCUT2D eigenvalue weighted by atomic mass is 19.1. The molecule has 0 saturated heterocycles. The molecule has 9 heteroatoms. The molecule has 0 unspecified atom stereocenters. The van der Waals surface area contributed by atoms with Gasteiger partial charge in [0.1, 0.15) is 11.6 Å². The minimum atomic E-state index is -0.456. The predicted molar refractivity (Wildman–Crippen MR) is 110 cm³/mol. The van der Waals surface area contributed by atoms with Crippen molar-refractivity contribution in [1.29, 1.82) is 0 Å². The van der Waals surface area contributed by atoms with Gasteiger partial charge in [0.25, 0.3) is 5.91 Å². The van der Waals surface area contributed by atoms with Crippen LogP contribution in [0.1, 0.15) is 27.6 Å². The molecule has 0 spiro atoms. The highest BCUT2D eigenvalue weighted by Gasteiger charge is 2.20. The third-order valence-electron chi connectivity index (χ3n) is 5.31. The lowest BCUT2D eigenvalue weighted by Gasteiger charge is -2.20. The van der Waals surface area contributed by atoms with E-state index in [-0.39, 0.29) is 29.6 Å². The van der Waals surface area contributed by atoms with E-state index < -0.39 is 5.82 Å². The van der Waals surface area contributed by atoms with Crippen molar-refractivity contribution in [3.8, 4) is 5.75 Å². The Hall–Kier alpha value is -3.33. The van der Waals surface area contributed by atoms with Gasteiger partial charge >= 0.3 is 0 Å². The van der Waals surface area contributed by atoms with E-state index in [4.69, 9.17) is 4.74 Å². The van der Waals surface area contributed by atoms with Crippen LogP contribution in [-0.4, -0.2) is 45.8 Å². The van der Waals surface area contributed by atoms with Gasteiger partial charge in [0.15, 0.2) is 17.4 Å². The lowest BCUT2D eigenvalue weighted by Crippen LogP contribution is -2.28. The number of methoxy groups -OCH3 is 1. The molecule has 0 saturated carbocycles. The van der Waals surface area contributed by atoms with Crippen molar-refractivity contribution < 1.29 is 18.3 Å². The summed E-state index contributed by atoms with van der Waals surface area (Å²) in [6.07, 6.45) is 0.711. The quantitative estimate of drug-likeness (QED) is 0.655. The summed E-state index contributed by atoms with van der Waals surface area (Å²) in [5, 5.41) is 11.3. The van der Waals surface area contributed by atoms with E-state index in [0.717, 1.165) is 24.5 Å². The number of amides is 1. The van der Waals surface area contributed by atoms with Gasteiger partial charge in [-0.3, -0.25) is 9.69 Å². The second kappa shape index (κ2) is 9.22. The molecule has 1 amide bonds. The maximum Gasteiger partial charge on any atom is 0.251 e. The maximum atomic E-state index is 13.6. The number of nitrogens with one attached hydrogen (secondary N) is 1. The molecular formula is C22H23F2N5O2. The van der Waals surface area contributed by atoms with Gasteiger partial charge in [-0.05, 0) is 35.9 Å². The third kappa shape index (κ3) is 4.88. The Morgan fingerprint density at radius 1 is 1.13 bits per heavy atom. The molecule has 0 atom stereocenters. The van der Waals surface area contributed by atoms with E-state index in [9.17, 15) is 13.6 Å². The highest BCUT2D eigenvalue weighted by molar-refractivity contribution is 5.94. The first-order valence-corrected chi connectivity index (χ1v) is 10.0. The molecule has 1 aliphatic rings. The van der Waals surface area contributed by atoms with Crippen LogP contribution in [0.5, 0.6) is 5.75 Å². The van der Waals surface area contributed by atoms with Crippen molar-refractivity contribution in [2.45, 2.75) is 26.1 Å². The first-order valence-electron chi connectivity index (χ1n) is 10.0. The molecule has 2 aromatic carbocycles. The first-order chi connectivity index (χ1) is 15.0. The summed E-state index contributed by atoms with van der Waals surface area (Å²) in [7, 11) is 1.45. The van der Waals surface area contributed by atoms with E-state index >= 15 is 0 Å². The van der Waals surface area contributed by atoms with Crippen molar-refractivity contribution in [1.82, 2.24) is 25.0 Å². The lowest BCUT2D eigenvalue weighted by atomic mass is 10.2. The van der Waals surface area contributed by atoms with E-state index in [2.05, 4.69) is 20.4 Å². The van der Waals surface area contributed by atoms with Gasteiger partial charge < -0.3 is 14.6 Å². The van der Waals surface area contributed by atoms with Crippen LogP contribution < -0.4 is 10.1 Å². The summed E-state index contributed by atoms with van der Waals surface area (Å²) >= 11 is 0. The maximum absolute atomic E-state index is 13.6. The summed E-state index contributed by atoms with van der Waals surface area (Å²) in [4.78, 5) is 14.5. The number of nitrogens with zero attached hydrogens (tertiary/aromatic N) is 4. The summed E-state index contributed by atoms with van der Waals surface area (Å²) in [6, 6.07) is 10.4. The Morgan fingerprint density at radius 3 is 2.81 bits per heavy atom. The topological polar surface area (TPSA) is 72.3 Å². The van der Waals surface area contributed by atoms with Gasteiger partial charge in [0.2, 0.25) is 0 Å². The van der Waals surface area contributed by atoms with Gasteiger partial charge in [-0.15, -0.1) is 10.2 Å². The molecule has 31 heavy (non-hydrogen) atoms. The molecule has 0 fully saturated rings. The monoisotopic (exact) mass is 427 g/mol. The van der Waals surface area contributed by atoms with E-state index in [1.807, 2.05) is 4.57 Å². The van der Waals surface area contributed by atoms with Gasteiger partial charge in [0, 0.05) is 38.2 Å². The SMILES string of the molecule is COc1cc(CN2CCc3nnc(CNC(=O)c4cccc(F)c4)n3CC2)ccc1F. The molecule has 0 radical (unpaired) electrons. The molecular weight excluding hydrogens is 404 g/mol. The number of hydrogen-bond donors (Lipinski definition) is 1. The molecule has 0 bridgehead atoms. The number of rotatable bonds is 6. The zero-order chi connectivity index (χ0) is 21.8. The Labute approximate surface area is 178 Å². The second-order valence-electron chi connectivity index (χ2n) is 7.37. The Morgan fingerprint density at radius 2 is 2.00 bits per heavy atom. The van der Waals surface area contributed by atoms with E-state index in [0.29, 0.717) is 25.3 Å². The smallest absolute Gasteiger partial charge is 0.251 e. The van der Waals surface area contributed by atoms with Gasteiger partial charge in [0.05, 0.1) is 13.7 Å². The summed E-state index contributed by atoms with van der Waals surface area (Å²) in [5.74, 6) is 0.554. The lowest BCUT2D eigenvalue weighted by molar-refractivity contribution is 0.0949. The zero-order valence-electron chi connectivity index (χ0n) is 17.1. The first kappa shape index (κ1) is 20.9. The van der Waals surface area contributed by atoms with Gasteiger partial charge in [-0.1, -0.05) is 12.1 Å². The third-order valence-corrected chi connectivity index (χ3v) is 5.31. The second-order valence-corrected chi connectivity index (χ2v) is 7.37. The highest BCUT2D eigenvalue weighted by Crippen LogP contribution is 2.20. The molecule has 1 N–H and O–H groups in total. The normalized spacial score (nSPS) is 14.0. The number of carbonyl (C=O) groups excluding carboxylic acids is 1. The number of fused-ring (bicyclic) bond motifs is 1. The van der Waals surface area contributed by atoms with E-state index in [1.165, 1.54) is 31.4 Å². The van der Waals surface area contributed by atoms with Crippen LogP contribution in [0.4, 0.5) is 8.78 Å². The fourth-order valence-electron chi connectivity index (χ4n) is 3.67. The zero-order valence-corrected chi connectivity index (χ0v) is 17.1. The number of carbonyl (C=O) groups is 1. The van der Waals surface area contributed by atoms with Crippen LogP contribution in [0.2, 0.25) is 0 Å². The van der Waals surface area contributed by atoms with Crippen molar-refractivity contribution in [3.63, 3.8) is 0 Å². The largest absolute Gasteiger partial charge is 0.494 e.